The van der Waals surface area contributed by atoms with Crippen LogP contribution in [-0.4, -0.2) is 16.5 Å². The van der Waals surface area contributed by atoms with Crippen molar-refractivity contribution in [2.45, 2.75) is 19.1 Å². The van der Waals surface area contributed by atoms with Crippen molar-refractivity contribution in [3.05, 3.63) is 29.8 Å². The monoisotopic (exact) mass is 167 g/mol. The second kappa shape index (κ2) is 4.09. The first-order valence-corrected chi connectivity index (χ1v) is 3.81. The Hall–Kier alpha value is -1.06. The van der Waals surface area contributed by atoms with Crippen molar-refractivity contribution in [3.8, 4) is 5.75 Å². The summed E-state index contributed by atoms with van der Waals surface area (Å²) in [6, 6.07) is 6.60. The van der Waals surface area contributed by atoms with E-state index in [0.717, 1.165) is 0 Å². The molecule has 3 nitrogen and oxygen atoms in total. The molecule has 2 N–H and O–H groups in total. The molecule has 0 fully saturated rings. The van der Waals surface area contributed by atoms with E-state index in [0.29, 0.717) is 12.0 Å². The normalized spacial score (nSPS) is 10.6. The molecule has 0 atom stereocenters. The van der Waals surface area contributed by atoms with E-state index in [1.54, 1.807) is 18.2 Å². The minimum Gasteiger partial charge on any atom is -0.368 e. The van der Waals surface area contributed by atoms with E-state index < -0.39 is 6.29 Å². The van der Waals surface area contributed by atoms with Gasteiger partial charge < -0.3 is 10.2 Å². The highest BCUT2D eigenvalue weighted by Gasteiger charge is 2.03. The summed E-state index contributed by atoms with van der Waals surface area (Å²) in [6.07, 6.45) is -0.707. The molecule has 1 aromatic carbocycles. The van der Waals surface area contributed by atoms with Gasteiger partial charge in [0.25, 0.3) is 0 Å². The summed E-state index contributed by atoms with van der Waals surface area (Å²) in [5, 5.41) is 28.2. The first-order valence-electron chi connectivity index (χ1n) is 3.81. The lowest BCUT2D eigenvalue weighted by molar-refractivity contribution is -0.0447. The van der Waals surface area contributed by atoms with Crippen LogP contribution in [0.3, 0.4) is 0 Å². The van der Waals surface area contributed by atoms with Crippen LogP contribution in [0.25, 0.3) is 0 Å². The zero-order chi connectivity index (χ0) is 8.97. The summed E-state index contributed by atoms with van der Waals surface area (Å²) in [6.45, 7) is 0. The molecule has 0 amide bonds. The zero-order valence-corrected chi connectivity index (χ0v) is 6.60. The van der Waals surface area contributed by atoms with Crippen molar-refractivity contribution < 1.29 is 15.3 Å². The highest BCUT2D eigenvalue weighted by Crippen LogP contribution is 2.18. The molecule has 1 rings (SSSR count). The van der Waals surface area contributed by atoms with Gasteiger partial charge in [0.2, 0.25) is 0 Å². The third-order valence-corrected chi connectivity index (χ3v) is 1.64. The second-order valence-corrected chi connectivity index (χ2v) is 2.63. The highest BCUT2D eigenvalue weighted by molar-refractivity contribution is 5.31. The lowest BCUT2D eigenvalue weighted by Crippen LogP contribution is -2.05. The van der Waals surface area contributed by atoms with Crippen LogP contribution < -0.4 is 0 Å². The van der Waals surface area contributed by atoms with Crippen LogP contribution in [0.15, 0.2) is 24.3 Å². The molecule has 0 aliphatic heterocycles. The second-order valence-electron chi connectivity index (χ2n) is 2.63. The van der Waals surface area contributed by atoms with E-state index in [-0.39, 0.29) is 12.2 Å². The van der Waals surface area contributed by atoms with Gasteiger partial charge in [-0.3, -0.25) is 5.11 Å². The van der Waals surface area contributed by atoms with Gasteiger partial charge in [-0.1, -0.05) is 18.2 Å². The summed E-state index contributed by atoms with van der Waals surface area (Å²) in [5.74, 6) is -0.0434. The number of aliphatic hydroxyl groups is 2. The first-order chi connectivity index (χ1) is 5.70. The molecule has 65 valence electrons. The number of benzene rings is 1. The Bertz CT molecular complexity index is 245. The summed E-state index contributed by atoms with van der Waals surface area (Å²) in [7, 11) is 0. The van der Waals surface area contributed by atoms with E-state index in [1.165, 1.54) is 6.07 Å². The molecule has 0 aromatic heterocycles. The molecule has 0 unspecified atom stereocenters. The molecule has 0 heterocycles. The minimum absolute atomic E-state index is 0.0434. The fraction of sp³-hybridized carbons (Fsp3) is 0.333. The van der Waals surface area contributed by atoms with Gasteiger partial charge in [-0.2, -0.15) is 0 Å². The first kappa shape index (κ1) is 9.03. The molecule has 0 spiro atoms. The molecule has 0 saturated heterocycles. The van der Waals surface area contributed by atoms with E-state index in [4.69, 9.17) is 10.2 Å². The van der Waals surface area contributed by atoms with Crippen molar-refractivity contribution in [2.75, 3.05) is 0 Å². The topological polar surface area (TPSA) is 60.4 Å². The maximum atomic E-state index is 11.1. The molecule has 0 aliphatic rings. The number of rotatable bonds is 3. The summed E-state index contributed by atoms with van der Waals surface area (Å²) in [5.41, 5.74) is 0.630. The Balaban J connectivity index is 2.57. The van der Waals surface area contributed by atoms with E-state index in [1.807, 2.05) is 0 Å². The van der Waals surface area contributed by atoms with Gasteiger partial charge in [0.1, 0.15) is 0 Å². The average molecular weight is 167 g/mol. The molecule has 1 aromatic rings. The number of para-hydroxylation sites is 1. The summed E-state index contributed by atoms with van der Waals surface area (Å²) >= 11 is 0. The van der Waals surface area contributed by atoms with Crippen LogP contribution in [0, 0.1) is 0 Å². The fourth-order valence-electron chi connectivity index (χ4n) is 0.995. The Kier molecular flexibility index (Phi) is 3.08. The lowest BCUT2D eigenvalue weighted by atomic mass is 10.1. The van der Waals surface area contributed by atoms with Gasteiger partial charge in [-0.25, -0.2) is 0 Å². The van der Waals surface area contributed by atoms with Crippen molar-refractivity contribution in [1.82, 2.24) is 0 Å². The third-order valence-electron chi connectivity index (χ3n) is 1.64. The molecule has 3 heteroatoms. The minimum atomic E-state index is -1.33. The van der Waals surface area contributed by atoms with E-state index in [2.05, 4.69) is 0 Å². The van der Waals surface area contributed by atoms with Crippen LogP contribution in [0.1, 0.15) is 12.0 Å². The summed E-state index contributed by atoms with van der Waals surface area (Å²) < 4.78 is 0. The van der Waals surface area contributed by atoms with Crippen LogP contribution >= 0.6 is 0 Å². The number of hydrogen-bond donors (Lipinski definition) is 2. The van der Waals surface area contributed by atoms with Crippen molar-refractivity contribution >= 4 is 0 Å². The van der Waals surface area contributed by atoms with Crippen LogP contribution in [0.4, 0.5) is 0 Å². The Morgan fingerprint density at radius 2 is 1.92 bits per heavy atom. The third kappa shape index (κ3) is 2.53. The molecule has 1 radical (unpaired) electrons. The van der Waals surface area contributed by atoms with Crippen molar-refractivity contribution in [1.29, 1.82) is 0 Å². The van der Waals surface area contributed by atoms with E-state index >= 15 is 0 Å². The Labute approximate surface area is 70.9 Å². The standard InChI is InChI=1S/C9H11O3/c10-8-4-2-1-3-7(8)5-6-9(11)12/h1-4,9,11-12H,5-6H2. The maximum absolute atomic E-state index is 11.1. The fourth-order valence-corrected chi connectivity index (χ4v) is 0.995. The molecule has 0 aliphatic carbocycles. The zero-order valence-electron chi connectivity index (χ0n) is 6.60. The van der Waals surface area contributed by atoms with Gasteiger partial charge in [-0.15, -0.1) is 0 Å². The molecular weight excluding hydrogens is 156 g/mol. The Morgan fingerprint density at radius 3 is 2.50 bits per heavy atom. The highest BCUT2D eigenvalue weighted by atomic mass is 16.5. The van der Waals surface area contributed by atoms with Crippen LogP contribution in [0.5, 0.6) is 5.75 Å². The maximum Gasteiger partial charge on any atom is 0.181 e. The number of aryl methyl sites for hydroxylation is 1. The average Bonchev–Trinajstić information content (AvgIpc) is 2.03. The van der Waals surface area contributed by atoms with Crippen LogP contribution in [-0.2, 0) is 11.5 Å². The summed E-state index contributed by atoms with van der Waals surface area (Å²) in [4.78, 5) is 0. The lowest BCUT2D eigenvalue weighted by Gasteiger charge is -2.03. The van der Waals surface area contributed by atoms with Gasteiger partial charge in [0, 0.05) is 6.42 Å². The van der Waals surface area contributed by atoms with Gasteiger partial charge in [0.15, 0.2) is 12.0 Å². The molecule has 12 heavy (non-hydrogen) atoms. The SMILES string of the molecule is [O]c1ccccc1CCC(O)O. The van der Waals surface area contributed by atoms with Gasteiger partial charge in [0.05, 0.1) is 0 Å². The van der Waals surface area contributed by atoms with Gasteiger partial charge >= 0.3 is 0 Å². The predicted octanol–water partition coefficient (Wildman–Crippen LogP) is 1.07. The molecular formula is C9H11O3. The quantitative estimate of drug-likeness (QED) is 0.661. The van der Waals surface area contributed by atoms with Crippen molar-refractivity contribution in [3.63, 3.8) is 0 Å². The molecule has 0 saturated carbocycles. The number of hydrogen-bond acceptors (Lipinski definition) is 2. The smallest absolute Gasteiger partial charge is 0.181 e. The van der Waals surface area contributed by atoms with Gasteiger partial charge in [-0.05, 0) is 18.1 Å². The predicted molar refractivity (Wildman–Crippen MR) is 43.1 cm³/mol. The largest absolute Gasteiger partial charge is 0.368 e. The van der Waals surface area contributed by atoms with E-state index in [9.17, 15) is 5.11 Å². The van der Waals surface area contributed by atoms with Crippen molar-refractivity contribution in [2.24, 2.45) is 0 Å². The molecule has 0 bridgehead atoms. The number of aliphatic hydroxyl groups excluding tert-OH is 1. The van der Waals surface area contributed by atoms with Crippen LogP contribution in [0.2, 0.25) is 0 Å². The Morgan fingerprint density at radius 1 is 1.25 bits per heavy atom.